The molecule has 0 aliphatic rings. The number of nitrogens with zero attached hydrogens (tertiary/aromatic N) is 1. The molecular weight excluding hydrogens is 394 g/mol. The molecule has 0 saturated carbocycles. The summed E-state index contributed by atoms with van der Waals surface area (Å²) in [6.45, 7) is 2.16. The van der Waals surface area contributed by atoms with Crippen LogP contribution < -0.4 is 0 Å². The number of aromatic nitrogens is 1. The summed E-state index contributed by atoms with van der Waals surface area (Å²) in [6.07, 6.45) is 0.816. The highest BCUT2D eigenvalue weighted by Gasteiger charge is 2.14. The minimum Gasteiger partial charge on any atom is -0.252 e. The van der Waals surface area contributed by atoms with Gasteiger partial charge in [-0.15, -0.1) is 0 Å². The molecule has 0 amide bonds. The Morgan fingerprint density at radius 1 is 0.759 bits per heavy atom. The Morgan fingerprint density at radius 2 is 1.45 bits per heavy atom. The van der Waals surface area contributed by atoms with Gasteiger partial charge in [-0.3, -0.25) is 4.98 Å². The first-order valence-electron chi connectivity index (χ1n) is 9.69. The standard InChI is InChI=1S/C26H22ClNS/c1-18-16-25(20-10-12-23(27)13-11-20)28-24(14-15-29)26(18)22-9-5-8-21(17-22)19-6-3-2-4-7-19/h2-13,16-17,29H,14-15H2,1H3. The van der Waals surface area contributed by atoms with Crippen LogP contribution in [0.1, 0.15) is 11.3 Å². The Bertz CT molecular complexity index is 1120. The van der Waals surface area contributed by atoms with Crippen LogP contribution in [0.15, 0.2) is 84.9 Å². The molecule has 0 N–H and O–H groups in total. The molecule has 3 heteroatoms. The molecule has 4 aromatic rings. The summed E-state index contributed by atoms with van der Waals surface area (Å²) < 4.78 is 0. The van der Waals surface area contributed by atoms with Crippen LogP contribution in [0, 0.1) is 6.92 Å². The Labute approximate surface area is 182 Å². The minimum atomic E-state index is 0.732. The van der Waals surface area contributed by atoms with Crippen LogP contribution in [-0.2, 0) is 6.42 Å². The number of hydrogen-bond acceptors (Lipinski definition) is 2. The molecule has 0 aliphatic heterocycles. The third-order valence-corrected chi connectivity index (χ3v) is 5.51. The van der Waals surface area contributed by atoms with Gasteiger partial charge in [0.05, 0.1) is 5.69 Å². The first kappa shape index (κ1) is 19.8. The fraction of sp³-hybridized carbons (Fsp3) is 0.115. The number of halogens is 1. The van der Waals surface area contributed by atoms with Crippen LogP contribution >= 0.6 is 24.2 Å². The average molecular weight is 416 g/mol. The van der Waals surface area contributed by atoms with Crippen molar-refractivity contribution in [3.63, 3.8) is 0 Å². The summed E-state index contributed by atoms with van der Waals surface area (Å²) in [5.41, 5.74) is 9.16. The second-order valence-electron chi connectivity index (χ2n) is 7.07. The molecule has 1 aromatic heterocycles. The van der Waals surface area contributed by atoms with E-state index < -0.39 is 0 Å². The van der Waals surface area contributed by atoms with Crippen LogP contribution in [-0.4, -0.2) is 10.7 Å². The molecule has 3 aromatic carbocycles. The minimum absolute atomic E-state index is 0.732. The lowest BCUT2D eigenvalue weighted by Crippen LogP contribution is -2.01. The van der Waals surface area contributed by atoms with Crippen molar-refractivity contribution >= 4 is 24.2 Å². The van der Waals surface area contributed by atoms with Crippen molar-refractivity contribution in [2.75, 3.05) is 5.75 Å². The maximum Gasteiger partial charge on any atom is 0.0708 e. The van der Waals surface area contributed by atoms with Crippen molar-refractivity contribution in [3.8, 4) is 33.5 Å². The normalized spacial score (nSPS) is 10.9. The van der Waals surface area contributed by atoms with E-state index in [1.54, 1.807) is 0 Å². The predicted molar refractivity (Wildman–Crippen MR) is 128 cm³/mol. The molecule has 0 fully saturated rings. The van der Waals surface area contributed by atoms with Gasteiger partial charge < -0.3 is 0 Å². The maximum absolute atomic E-state index is 6.05. The summed E-state index contributed by atoms with van der Waals surface area (Å²) in [6, 6.07) is 29.2. The van der Waals surface area contributed by atoms with E-state index in [1.807, 2.05) is 30.3 Å². The van der Waals surface area contributed by atoms with E-state index in [4.69, 9.17) is 16.6 Å². The SMILES string of the molecule is Cc1cc(-c2ccc(Cl)cc2)nc(CCS)c1-c1cccc(-c2ccccc2)c1. The first-order valence-corrected chi connectivity index (χ1v) is 10.7. The highest BCUT2D eigenvalue weighted by atomic mass is 35.5. The molecule has 0 bridgehead atoms. The molecule has 144 valence electrons. The molecule has 0 saturated heterocycles. The van der Waals surface area contributed by atoms with E-state index in [2.05, 4.69) is 74.1 Å². The molecule has 0 atom stereocenters. The number of rotatable bonds is 5. The van der Waals surface area contributed by atoms with Gasteiger partial charge in [0.25, 0.3) is 0 Å². The summed E-state index contributed by atoms with van der Waals surface area (Å²) in [5, 5.41) is 0.732. The van der Waals surface area contributed by atoms with Gasteiger partial charge in [-0.25, -0.2) is 0 Å². The van der Waals surface area contributed by atoms with Gasteiger partial charge in [-0.1, -0.05) is 72.3 Å². The van der Waals surface area contributed by atoms with Crippen LogP contribution in [0.2, 0.25) is 5.02 Å². The molecule has 1 nitrogen and oxygen atoms in total. The highest BCUT2D eigenvalue weighted by Crippen LogP contribution is 2.33. The number of thiol groups is 1. The summed E-state index contributed by atoms with van der Waals surface area (Å²) in [7, 11) is 0. The van der Waals surface area contributed by atoms with Gasteiger partial charge in [0.15, 0.2) is 0 Å². The Hall–Kier alpha value is -2.55. The largest absolute Gasteiger partial charge is 0.252 e. The van der Waals surface area contributed by atoms with Crippen molar-refractivity contribution in [1.82, 2.24) is 4.98 Å². The zero-order chi connectivity index (χ0) is 20.2. The average Bonchev–Trinajstić information content (AvgIpc) is 2.75. The third-order valence-electron chi connectivity index (χ3n) is 5.04. The summed E-state index contributed by atoms with van der Waals surface area (Å²) >= 11 is 10.5. The molecule has 1 heterocycles. The quantitative estimate of drug-likeness (QED) is 0.332. The smallest absolute Gasteiger partial charge is 0.0708 e. The van der Waals surface area contributed by atoms with Crippen LogP contribution in [0.5, 0.6) is 0 Å². The number of aryl methyl sites for hydroxylation is 2. The molecule has 0 radical (unpaired) electrons. The van der Waals surface area contributed by atoms with E-state index in [0.717, 1.165) is 34.1 Å². The summed E-state index contributed by atoms with van der Waals surface area (Å²) in [5.74, 6) is 0.752. The Morgan fingerprint density at radius 3 is 2.17 bits per heavy atom. The molecule has 0 spiro atoms. The van der Waals surface area contributed by atoms with Crippen LogP contribution in [0.3, 0.4) is 0 Å². The van der Waals surface area contributed by atoms with E-state index in [1.165, 1.54) is 27.8 Å². The monoisotopic (exact) mass is 415 g/mol. The number of pyridine rings is 1. The van der Waals surface area contributed by atoms with Gasteiger partial charge in [-0.05, 0) is 65.6 Å². The lowest BCUT2D eigenvalue weighted by molar-refractivity contribution is 1.05. The van der Waals surface area contributed by atoms with Crippen molar-refractivity contribution in [3.05, 3.63) is 101 Å². The zero-order valence-corrected chi connectivity index (χ0v) is 17.9. The van der Waals surface area contributed by atoms with Crippen LogP contribution in [0.4, 0.5) is 0 Å². The van der Waals surface area contributed by atoms with Crippen molar-refractivity contribution < 1.29 is 0 Å². The van der Waals surface area contributed by atoms with E-state index in [-0.39, 0.29) is 0 Å². The van der Waals surface area contributed by atoms with Gasteiger partial charge in [-0.2, -0.15) is 12.6 Å². The Balaban J connectivity index is 1.82. The van der Waals surface area contributed by atoms with E-state index >= 15 is 0 Å². The predicted octanol–water partition coefficient (Wildman–Crippen LogP) is 7.52. The molecule has 4 rings (SSSR count). The fourth-order valence-electron chi connectivity index (χ4n) is 3.67. The molecule has 0 aliphatic carbocycles. The number of hydrogen-bond donors (Lipinski definition) is 1. The lowest BCUT2D eigenvalue weighted by atomic mass is 9.93. The molecule has 29 heavy (non-hydrogen) atoms. The van der Waals surface area contributed by atoms with Gasteiger partial charge in [0.2, 0.25) is 0 Å². The number of benzene rings is 3. The second kappa shape index (κ2) is 8.86. The van der Waals surface area contributed by atoms with Gasteiger partial charge in [0.1, 0.15) is 0 Å². The fourth-order valence-corrected chi connectivity index (χ4v) is 4.01. The van der Waals surface area contributed by atoms with Crippen molar-refractivity contribution in [1.29, 1.82) is 0 Å². The van der Waals surface area contributed by atoms with Gasteiger partial charge in [0, 0.05) is 21.8 Å². The molecule has 0 unspecified atom stereocenters. The van der Waals surface area contributed by atoms with Crippen molar-refractivity contribution in [2.45, 2.75) is 13.3 Å². The zero-order valence-electron chi connectivity index (χ0n) is 16.3. The van der Waals surface area contributed by atoms with E-state index in [9.17, 15) is 0 Å². The topological polar surface area (TPSA) is 12.9 Å². The first-order chi connectivity index (χ1) is 14.2. The molecular formula is C26H22ClNS. The summed E-state index contributed by atoms with van der Waals surface area (Å²) in [4.78, 5) is 5.01. The van der Waals surface area contributed by atoms with Gasteiger partial charge >= 0.3 is 0 Å². The Kier molecular flexibility index (Phi) is 6.03. The lowest BCUT2D eigenvalue weighted by Gasteiger charge is -2.15. The third kappa shape index (κ3) is 4.39. The van der Waals surface area contributed by atoms with Crippen LogP contribution in [0.25, 0.3) is 33.5 Å². The second-order valence-corrected chi connectivity index (χ2v) is 7.96. The highest BCUT2D eigenvalue weighted by molar-refractivity contribution is 7.80. The maximum atomic E-state index is 6.05. The van der Waals surface area contributed by atoms with E-state index in [0.29, 0.717) is 0 Å². The van der Waals surface area contributed by atoms with Crippen molar-refractivity contribution in [2.24, 2.45) is 0 Å².